The Kier molecular flexibility index (Phi) is 6.31. The van der Waals surface area contributed by atoms with E-state index in [9.17, 15) is 0 Å². The quantitative estimate of drug-likeness (QED) is 0.603. The number of nitrogens with two attached hydrogens (primary N) is 1. The number of nitrogens with zero attached hydrogens (tertiary/aromatic N) is 1. The number of ether oxygens (including phenoxy) is 3. The number of nitrogens with one attached hydrogen (secondary N) is 1. The minimum absolute atomic E-state index is 0.330. The van der Waals surface area contributed by atoms with E-state index >= 15 is 0 Å². The van der Waals surface area contributed by atoms with E-state index in [1.165, 1.54) is 0 Å². The van der Waals surface area contributed by atoms with Crippen molar-refractivity contribution in [2.24, 2.45) is 10.7 Å². The fourth-order valence-electron chi connectivity index (χ4n) is 2.15. The second kappa shape index (κ2) is 8.67. The highest BCUT2D eigenvalue weighted by Crippen LogP contribution is 2.28. The topological polar surface area (TPSA) is 78.1 Å². The summed E-state index contributed by atoms with van der Waals surface area (Å²) in [7, 11) is 3.24. The Morgan fingerprint density at radius 1 is 1.08 bits per heavy atom. The molecule has 0 aliphatic heterocycles. The molecule has 2 rings (SSSR count). The predicted molar refractivity (Wildman–Crippen MR) is 96.1 cm³/mol. The molecule has 0 fully saturated rings. The molecule has 3 N–H and O–H groups in total. The van der Waals surface area contributed by atoms with Gasteiger partial charge in [0.25, 0.3) is 0 Å². The molecule has 0 aliphatic carbocycles. The normalized spacial score (nSPS) is 11.0. The summed E-state index contributed by atoms with van der Waals surface area (Å²) in [5, 5.41) is 3.04. The van der Waals surface area contributed by atoms with Gasteiger partial charge in [-0.15, -0.1) is 0 Å². The Morgan fingerprint density at radius 2 is 1.92 bits per heavy atom. The molecule has 0 amide bonds. The fraction of sp³-hybridized carbons (Fsp3) is 0.278. The van der Waals surface area contributed by atoms with Crippen LogP contribution in [0.5, 0.6) is 17.2 Å². The Balaban J connectivity index is 2.03. The molecule has 128 valence electrons. The van der Waals surface area contributed by atoms with Crippen LogP contribution in [-0.4, -0.2) is 26.8 Å². The molecule has 0 spiro atoms. The van der Waals surface area contributed by atoms with E-state index in [0.717, 1.165) is 22.7 Å². The number of hydrogen-bond acceptors (Lipinski definition) is 4. The average Bonchev–Trinajstić information content (AvgIpc) is 2.61. The van der Waals surface area contributed by atoms with Crippen LogP contribution in [0, 0.1) is 0 Å². The molecule has 0 saturated carbocycles. The minimum atomic E-state index is 0.330. The van der Waals surface area contributed by atoms with Gasteiger partial charge in [0.2, 0.25) is 0 Å². The lowest BCUT2D eigenvalue weighted by Crippen LogP contribution is -2.22. The summed E-state index contributed by atoms with van der Waals surface area (Å²) in [6, 6.07) is 13.2. The first kappa shape index (κ1) is 17.5. The summed E-state index contributed by atoms with van der Waals surface area (Å²) in [4.78, 5) is 4.34. The lowest BCUT2D eigenvalue weighted by atomic mass is 10.2. The first-order chi connectivity index (χ1) is 11.7. The van der Waals surface area contributed by atoms with Crippen LogP contribution in [-0.2, 0) is 6.54 Å². The van der Waals surface area contributed by atoms with Crippen LogP contribution in [0.3, 0.4) is 0 Å². The van der Waals surface area contributed by atoms with Crippen molar-refractivity contribution >= 4 is 11.6 Å². The molecule has 0 radical (unpaired) electrons. The molecule has 0 heterocycles. The monoisotopic (exact) mass is 329 g/mol. The van der Waals surface area contributed by atoms with Crippen LogP contribution >= 0.6 is 0 Å². The van der Waals surface area contributed by atoms with Gasteiger partial charge < -0.3 is 25.3 Å². The van der Waals surface area contributed by atoms with Crippen molar-refractivity contribution in [1.29, 1.82) is 0 Å². The molecule has 0 aromatic heterocycles. The molecule has 0 atom stereocenters. The van der Waals surface area contributed by atoms with E-state index in [0.29, 0.717) is 24.9 Å². The molecule has 6 heteroatoms. The van der Waals surface area contributed by atoms with Crippen LogP contribution in [0.4, 0.5) is 5.69 Å². The van der Waals surface area contributed by atoms with Crippen molar-refractivity contribution in [1.82, 2.24) is 0 Å². The van der Waals surface area contributed by atoms with Gasteiger partial charge in [-0.05, 0) is 36.8 Å². The van der Waals surface area contributed by atoms with Crippen LogP contribution in [0.1, 0.15) is 12.5 Å². The molecule has 6 nitrogen and oxygen atoms in total. The molecule has 2 aromatic rings. The lowest BCUT2D eigenvalue weighted by molar-refractivity contribution is 0.310. The summed E-state index contributed by atoms with van der Waals surface area (Å²) in [5.74, 6) is 2.49. The number of rotatable bonds is 7. The van der Waals surface area contributed by atoms with Crippen LogP contribution < -0.4 is 25.3 Å². The number of hydrogen-bond donors (Lipinski definition) is 2. The lowest BCUT2D eigenvalue weighted by Gasteiger charge is -2.10. The minimum Gasteiger partial charge on any atom is -0.497 e. The van der Waals surface area contributed by atoms with E-state index in [-0.39, 0.29) is 0 Å². The molecule has 0 aliphatic rings. The van der Waals surface area contributed by atoms with Crippen molar-refractivity contribution in [2.45, 2.75) is 13.5 Å². The molecule has 24 heavy (non-hydrogen) atoms. The first-order valence-electron chi connectivity index (χ1n) is 7.67. The van der Waals surface area contributed by atoms with E-state index in [2.05, 4.69) is 10.3 Å². The van der Waals surface area contributed by atoms with Gasteiger partial charge in [0, 0.05) is 11.8 Å². The zero-order valence-corrected chi connectivity index (χ0v) is 14.2. The maximum atomic E-state index is 5.94. The highest BCUT2D eigenvalue weighted by atomic mass is 16.5. The molecular formula is C18H23N3O3. The number of anilines is 1. The summed E-state index contributed by atoms with van der Waals surface area (Å²) in [5.41, 5.74) is 7.73. The van der Waals surface area contributed by atoms with Crippen molar-refractivity contribution in [3.8, 4) is 17.2 Å². The summed E-state index contributed by atoms with van der Waals surface area (Å²) in [6.45, 7) is 2.96. The van der Waals surface area contributed by atoms with Gasteiger partial charge in [-0.3, -0.25) is 0 Å². The SMILES string of the molecule is CCOc1ccc(CN=C(N)Nc2cccc(OC)c2)cc1OC. The van der Waals surface area contributed by atoms with Crippen molar-refractivity contribution in [3.05, 3.63) is 48.0 Å². The Labute approximate surface area is 142 Å². The third-order valence-corrected chi connectivity index (χ3v) is 3.30. The van der Waals surface area contributed by atoms with Gasteiger partial charge in [-0.2, -0.15) is 0 Å². The Bertz CT molecular complexity index is 702. The number of benzene rings is 2. The summed E-state index contributed by atoms with van der Waals surface area (Å²) in [6.07, 6.45) is 0. The van der Waals surface area contributed by atoms with Crippen molar-refractivity contribution in [3.63, 3.8) is 0 Å². The summed E-state index contributed by atoms with van der Waals surface area (Å²) < 4.78 is 16.0. The maximum absolute atomic E-state index is 5.94. The molecular weight excluding hydrogens is 306 g/mol. The third kappa shape index (κ3) is 4.81. The van der Waals surface area contributed by atoms with Crippen LogP contribution in [0.15, 0.2) is 47.5 Å². The summed E-state index contributed by atoms with van der Waals surface area (Å²) >= 11 is 0. The highest BCUT2D eigenvalue weighted by molar-refractivity contribution is 5.92. The zero-order chi connectivity index (χ0) is 17.4. The second-order valence-electron chi connectivity index (χ2n) is 4.98. The first-order valence-corrected chi connectivity index (χ1v) is 7.67. The van der Waals surface area contributed by atoms with Gasteiger partial charge in [-0.1, -0.05) is 12.1 Å². The zero-order valence-electron chi connectivity index (χ0n) is 14.2. The van der Waals surface area contributed by atoms with Gasteiger partial charge in [0.15, 0.2) is 17.5 Å². The molecule has 0 saturated heterocycles. The molecule has 2 aromatic carbocycles. The second-order valence-corrected chi connectivity index (χ2v) is 4.98. The average molecular weight is 329 g/mol. The van der Waals surface area contributed by atoms with Crippen LogP contribution in [0.2, 0.25) is 0 Å². The number of methoxy groups -OCH3 is 2. The third-order valence-electron chi connectivity index (χ3n) is 3.30. The van der Waals surface area contributed by atoms with Gasteiger partial charge in [0.05, 0.1) is 27.4 Å². The molecule has 0 bridgehead atoms. The van der Waals surface area contributed by atoms with Crippen molar-refractivity contribution < 1.29 is 14.2 Å². The van der Waals surface area contributed by atoms with Gasteiger partial charge in [0.1, 0.15) is 5.75 Å². The van der Waals surface area contributed by atoms with E-state index in [4.69, 9.17) is 19.9 Å². The number of aliphatic imine (C=N–C) groups is 1. The highest BCUT2D eigenvalue weighted by Gasteiger charge is 2.05. The largest absolute Gasteiger partial charge is 0.497 e. The number of guanidine groups is 1. The molecule has 0 unspecified atom stereocenters. The van der Waals surface area contributed by atoms with E-state index < -0.39 is 0 Å². The smallest absolute Gasteiger partial charge is 0.193 e. The fourth-order valence-corrected chi connectivity index (χ4v) is 2.15. The maximum Gasteiger partial charge on any atom is 0.193 e. The predicted octanol–water partition coefficient (Wildman–Crippen LogP) is 3.03. The standard InChI is InChI=1S/C18H23N3O3/c1-4-24-16-9-8-13(10-17(16)23-3)12-20-18(19)21-14-6-5-7-15(11-14)22-2/h5-11H,4,12H2,1-3H3,(H3,19,20,21). The Hall–Kier alpha value is -2.89. The Morgan fingerprint density at radius 3 is 2.62 bits per heavy atom. The van der Waals surface area contributed by atoms with Gasteiger partial charge >= 0.3 is 0 Å². The van der Waals surface area contributed by atoms with Crippen molar-refractivity contribution in [2.75, 3.05) is 26.1 Å². The van der Waals surface area contributed by atoms with E-state index in [1.54, 1.807) is 14.2 Å². The van der Waals surface area contributed by atoms with Crippen LogP contribution in [0.25, 0.3) is 0 Å². The van der Waals surface area contributed by atoms with E-state index in [1.807, 2.05) is 49.4 Å². The van der Waals surface area contributed by atoms with Gasteiger partial charge in [-0.25, -0.2) is 4.99 Å².